The third-order valence-electron chi connectivity index (χ3n) is 7.13. The summed E-state index contributed by atoms with van der Waals surface area (Å²) in [6, 6.07) is 16.5. The molecule has 3 aromatic carbocycles. The van der Waals surface area contributed by atoms with Crippen molar-refractivity contribution in [3.63, 3.8) is 0 Å². The normalized spacial score (nSPS) is 13.6. The maximum atomic E-state index is 11.9. The average molecular weight is 770 g/mol. The minimum Gasteiger partial charge on any atom is -0.508 e. The fourth-order valence-electron chi connectivity index (χ4n) is 5.57. The summed E-state index contributed by atoms with van der Waals surface area (Å²) in [6.07, 6.45) is 2.65. The highest BCUT2D eigenvalue weighted by Gasteiger charge is 2.58. The average Bonchev–Trinajstić information content (AvgIpc) is 3.01. The molecule has 1 unspecified atom stereocenters. The monoisotopic (exact) mass is 769 g/mol. The zero-order valence-corrected chi connectivity index (χ0v) is 35.8. The van der Waals surface area contributed by atoms with Crippen LogP contribution in [0.5, 0.6) is 23.0 Å². The van der Waals surface area contributed by atoms with E-state index in [2.05, 4.69) is 69.2 Å². The summed E-state index contributed by atoms with van der Waals surface area (Å²) < 4.78 is 32.4. The lowest BCUT2D eigenvalue weighted by Crippen LogP contribution is -2.64. The molecule has 3 N–H and O–H groups in total. The lowest BCUT2D eigenvalue weighted by molar-refractivity contribution is -0.230. The largest absolute Gasteiger partial charge is 0.508 e. The number of rotatable bonds is 15. The van der Waals surface area contributed by atoms with E-state index in [0.29, 0.717) is 34.2 Å². The van der Waals surface area contributed by atoms with Crippen molar-refractivity contribution >= 4 is 53.0 Å². The van der Waals surface area contributed by atoms with Crippen molar-refractivity contribution in [1.82, 2.24) is 0 Å². The summed E-state index contributed by atoms with van der Waals surface area (Å²) in [5.41, 5.74) is 0.729. The summed E-state index contributed by atoms with van der Waals surface area (Å²) in [7, 11) is 0.224. The lowest BCUT2D eigenvalue weighted by Gasteiger charge is -2.55. The van der Waals surface area contributed by atoms with Gasteiger partial charge in [-0.15, -0.1) is 0 Å². The van der Waals surface area contributed by atoms with Crippen molar-refractivity contribution in [3.05, 3.63) is 89.0 Å². The highest BCUT2D eigenvalue weighted by molar-refractivity contribution is 6.71. The number of aliphatic carboxylic acids is 1. The number of hydrogen-bond donors (Lipinski definition) is 3. The van der Waals surface area contributed by atoms with E-state index in [1.165, 1.54) is 12.1 Å². The Morgan fingerprint density at radius 2 is 1.33 bits per heavy atom. The molecule has 0 heterocycles. The number of phenols is 2. The van der Waals surface area contributed by atoms with Gasteiger partial charge in [-0.2, -0.15) is 0 Å². The van der Waals surface area contributed by atoms with Gasteiger partial charge in [-0.3, -0.25) is 4.79 Å². The van der Waals surface area contributed by atoms with Crippen molar-refractivity contribution in [2.75, 3.05) is 14.2 Å². The molecule has 0 fully saturated rings. The van der Waals surface area contributed by atoms with Crippen LogP contribution in [0, 0.1) is 0 Å². The number of carbonyl (C=O) groups excluding carboxylic acids is 1. The highest BCUT2D eigenvalue weighted by Crippen LogP contribution is 2.53. The second-order valence-corrected chi connectivity index (χ2v) is 28.6. The number of ether oxygens (including phenoxy) is 2. The number of carboxylic acids is 1. The number of hydrogen-bond acceptors (Lipinski definition) is 9. The smallest absolute Gasteiger partial charge is 0.328 e. The SMILES string of the molecule is COc1ccc(C=CC(=O)O)c(C(C)(O[Si](C)(C)C)C(C[Si])(O[Si](C)(C)C)O[Si](C)(C)C)c1OC.O=C(c1ccccc1)c1ccc(O)cc1O. The molecule has 51 heavy (non-hydrogen) atoms. The molecular formula is C37H53O10Si4. The Hall–Kier alpha value is -3.51. The summed E-state index contributed by atoms with van der Waals surface area (Å²) in [6.45, 7) is 20.9. The standard InChI is InChI=1S/C24H43O7Si4.C13H10O3/c1-23(29-33(4,5)6,24(17-32,30-34(7,8)9)31-35(10,11)12)21-18(14-16-20(25)26)13-15-19(27-2)22(21)28-3;14-10-6-7-11(12(15)8-10)13(16)9-4-2-1-3-5-9/h13-16H,17H2,1-12H3,(H,25,26);1-8,14-15H. The van der Waals surface area contributed by atoms with Crippen LogP contribution in [-0.2, 0) is 23.7 Å². The summed E-state index contributed by atoms with van der Waals surface area (Å²) in [5.74, 6) is -1.88. The number of phenolic OH excluding ortho intramolecular Hbond substituents is 2. The van der Waals surface area contributed by atoms with Crippen LogP contribution in [0.2, 0.25) is 65.0 Å². The minimum atomic E-state index is -2.27. The van der Waals surface area contributed by atoms with Gasteiger partial charge < -0.3 is 38.1 Å². The Labute approximate surface area is 309 Å². The number of carboxylic acid groups (broad SMARTS) is 1. The van der Waals surface area contributed by atoms with Crippen molar-refractivity contribution in [1.29, 1.82) is 0 Å². The first-order valence-corrected chi connectivity index (χ1v) is 27.4. The molecule has 0 amide bonds. The Bertz CT molecular complexity index is 1660. The van der Waals surface area contributed by atoms with Gasteiger partial charge in [-0.1, -0.05) is 36.4 Å². The lowest BCUT2D eigenvalue weighted by atomic mass is 9.83. The van der Waals surface area contributed by atoms with E-state index in [1.807, 2.05) is 19.1 Å². The van der Waals surface area contributed by atoms with E-state index in [9.17, 15) is 19.8 Å². The molecule has 0 aliphatic carbocycles. The van der Waals surface area contributed by atoms with Gasteiger partial charge in [0.05, 0.1) is 19.8 Å². The molecule has 0 bridgehead atoms. The van der Waals surface area contributed by atoms with E-state index in [4.69, 9.17) is 27.9 Å². The van der Waals surface area contributed by atoms with Crippen LogP contribution in [0.15, 0.2) is 66.7 Å². The molecule has 0 aliphatic heterocycles. The van der Waals surface area contributed by atoms with Gasteiger partial charge >= 0.3 is 5.97 Å². The molecule has 0 aliphatic rings. The fourth-order valence-corrected chi connectivity index (χ4v) is 10.5. The van der Waals surface area contributed by atoms with E-state index in [1.54, 1.807) is 50.6 Å². The second kappa shape index (κ2) is 17.3. The van der Waals surface area contributed by atoms with Gasteiger partial charge in [-0.25, -0.2) is 4.79 Å². The number of carbonyl (C=O) groups is 2. The Morgan fingerprint density at radius 1 is 0.784 bits per heavy atom. The number of ketones is 1. The van der Waals surface area contributed by atoms with Crippen LogP contribution in [0.25, 0.3) is 6.08 Å². The predicted molar refractivity (Wildman–Crippen MR) is 210 cm³/mol. The van der Waals surface area contributed by atoms with Gasteiger partial charge in [-0.05, 0) is 102 Å². The van der Waals surface area contributed by atoms with Crippen LogP contribution in [0.3, 0.4) is 0 Å². The van der Waals surface area contributed by atoms with Crippen molar-refractivity contribution < 1.29 is 47.7 Å². The number of aromatic hydroxyl groups is 2. The molecule has 14 heteroatoms. The first-order chi connectivity index (χ1) is 23.4. The molecule has 0 aromatic heterocycles. The molecule has 0 saturated carbocycles. The first kappa shape index (κ1) is 43.7. The zero-order valence-electron chi connectivity index (χ0n) is 31.8. The molecule has 3 rings (SSSR count). The fraction of sp³-hybridized carbons (Fsp3) is 0.405. The minimum absolute atomic E-state index is 0.0675. The number of benzene rings is 3. The van der Waals surface area contributed by atoms with E-state index >= 15 is 0 Å². The Morgan fingerprint density at radius 3 is 1.76 bits per heavy atom. The summed E-state index contributed by atoms with van der Waals surface area (Å²) in [5, 5.41) is 28.0. The van der Waals surface area contributed by atoms with Crippen molar-refractivity contribution in [3.8, 4) is 23.0 Å². The molecule has 1 atom stereocenters. The maximum absolute atomic E-state index is 11.9. The van der Waals surface area contributed by atoms with Gasteiger partial charge in [0.1, 0.15) is 17.1 Å². The molecule has 0 spiro atoms. The van der Waals surface area contributed by atoms with Crippen molar-refractivity contribution in [2.45, 2.75) is 83.3 Å². The number of methoxy groups -OCH3 is 2. The quantitative estimate of drug-likeness (QED) is 0.0600. The van der Waals surface area contributed by atoms with E-state index < -0.39 is 42.3 Å². The van der Waals surface area contributed by atoms with Crippen LogP contribution in [0.1, 0.15) is 34.0 Å². The second-order valence-electron chi connectivity index (χ2n) is 14.9. The van der Waals surface area contributed by atoms with Crippen LogP contribution >= 0.6 is 0 Å². The van der Waals surface area contributed by atoms with Gasteiger partial charge in [0.15, 0.2) is 48.0 Å². The van der Waals surface area contributed by atoms with Gasteiger partial charge in [0.25, 0.3) is 0 Å². The van der Waals surface area contributed by atoms with Gasteiger partial charge in [0.2, 0.25) is 0 Å². The predicted octanol–water partition coefficient (Wildman–Crippen LogP) is 8.18. The molecular weight excluding hydrogens is 717 g/mol. The third kappa shape index (κ3) is 12.0. The van der Waals surface area contributed by atoms with E-state index in [-0.39, 0.29) is 22.8 Å². The summed E-state index contributed by atoms with van der Waals surface area (Å²) in [4.78, 5) is 23.4. The zero-order chi connectivity index (χ0) is 39.0. The molecule has 10 nitrogen and oxygen atoms in total. The summed E-state index contributed by atoms with van der Waals surface area (Å²) >= 11 is 0. The molecule has 3 radical (unpaired) electrons. The van der Waals surface area contributed by atoms with Crippen molar-refractivity contribution in [2.24, 2.45) is 0 Å². The Balaban J connectivity index is 0.000000463. The van der Waals surface area contributed by atoms with Crippen LogP contribution < -0.4 is 9.47 Å². The maximum Gasteiger partial charge on any atom is 0.328 e. The molecule has 3 aromatic rings. The van der Waals surface area contributed by atoms with Crippen LogP contribution in [0.4, 0.5) is 0 Å². The first-order valence-electron chi connectivity index (χ1n) is 16.5. The highest BCUT2D eigenvalue weighted by atomic mass is 28.4. The van der Waals surface area contributed by atoms with Crippen LogP contribution in [-0.4, -0.2) is 82.3 Å². The van der Waals surface area contributed by atoms with E-state index in [0.717, 1.165) is 12.1 Å². The molecule has 0 saturated heterocycles. The van der Waals surface area contributed by atoms with Gasteiger partial charge in [0, 0.05) is 33.5 Å². The molecule has 277 valence electrons. The third-order valence-corrected chi connectivity index (χ3v) is 10.5. The Kier molecular flexibility index (Phi) is 14.8. The topological polar surface area (TPSA) is 141 Å².